The number of carbonyl (C=O) groups excluding carboxylic acids is 1. The minimum atomic E-state index is 0.275. The highest BCUT2D eigenvalue weighted by Gasteiger charge is 2.26. The van der Waals surface area contributed by atoms with Gasteiger partial charge in [0.1, 0.15) is 6.29 Å². The lowest BCUT2D eigenvalue weighted by Gasteiger charge is -2.12. The Morgan fingerprint density at radius 2 is 2.30 bits per heavy atom. The molecule has 0 bridgehead atoms. The second kappa shape index (κ2) is 3.00. The summed E-state index contributed by atoms with van der Waals surface area (Å²) < 4.78 is 0. The maximum atomic E-state index is 10.5. The summed E-state index contributed by atoms with van der Waals surface area (Å²) in [6, 6.07) is 0. The maximum Gasteiger partial charge on any atom is 0.123 e. The fraction of sp³-hybridized carbons (Fsp3) is 0.667. The molecule has 1 rings (SSSR count). The Morgan fingerprint density at radius 3 is 2.70 bits per heavy atom. The van der Waals surface area contributed by atoms with Crippen LogP contribution in [0.5, 0.6) is 0 Å². The molecule has 0 saturated heterocycles. The molecule has 0 unspecified atom stereocenters. The van der Waals surface area contributed by atoms with Crippen LogP contribution in [0.1, 0.15) is 26.2 Å². The number of carbonyl (C=O) groups is 1. The monoisotopic (exact) mass is 138 g/mol. The molecule has 0 N–H and O–H groups in total. The Balaban J connectivity index is 2.58. The van der Waals surface area contributed by atoms with Crippen LogP contribution in [0.4, 0.5) is 0 Å². The number of hydrogen-bond donors (Lipinski definition) is 0. The molecule has 0 aromatic carbocycles. The smallest absolute Gasteiger partial charge is 0.123 e. The molecular weight excluding hydrogens is 124 g/mol. The minimum absolute atomic E-state index is 0.275. The van der Waals surface area contributed by atoms with Gasteiger partial charge in [0.05, 0.1) is 0 Å². The Kier molecular flexibility index (Phi) is 2.25. The van der Waals surface area contributed by atoms with E-state index in [1.807, 2.05) is 6.92 Å². The van der Waals surface area contributed by atoms with Crippen LogP contribution >= 0.6 is 0 Å². The zero-order valence-electron chi connectivity index (χ0n) is 6.47. The first-order chi connectivity index (χ1) is 4.75. The second-order valence-corrected chi connectivity index (χ2v) is 3.18. The van der Waals surface area contributed by atoms with Crippen molar-refractivity contribution in [2.24, 2.45) is 11.8 Å². The van der Waals surface area contributed by atoms with Gasteiger partial charge in [0.15, 0.2) is 0 Å². The maximum absolute atomic E-state index is 10.5. The minimum Gasteiger partial charge on any atom is -0.303 e. The van der Waals surface area contributed by atoms with E-state index >= 15 is 0 Å². The third kappa shape index (κ3) is 1.28. The SMILES string of the molecule is C=C(C)[C@@H]1CCC[C@H]1C=O. The van der Waals surface area contributed by atoms with E-state index in [4.69, 9.17) is 0 Å². The molecule has 1 aliphatic carbocycles. The zero-order valence-corrected chi connectivity index (χ0v) is 6.47. The van der Waals surface area contributed by atoms with Gasteiger partial charge in [0, 0.05) is 5.92 Å². The number of rotatable bonds is 2. The summed E-state index contributed by atoms with van der Waals surface area (Å²) in [5, 5.41) is 0. The Labute approximate surface area is 62.1 Å². The van der Waals surface area contributed by atoms with Crippen molar-refractivity contribution < 1.29 is 4.79 Å². The zero-order chi connectivity index (χ0) is 7.56. The van der Waals surface area contributed by atoms with Crippen molar-refractivity contribution in [3.63, 3.8) is 0 Å². The first kappa shape index (κ1) is 7.52. The summed E-state index contributed by atoms with van der Waals surface area (Å²) in [5.74, 6) is 0.759. The Bertz CT molecular complexity index is 149. The predicted molar refractivity (Wildman–Crippen MR) is 41.7 cm³/mol. The van der Waals surface area contributed by atoms with Gasteiger partial charge in [0.25, 0.3) is 0 Å². The molecule has 0 aliphatic heterocycles. The molecule has 1 aliphatic rings. The van der Waals surface area contributed by atoms with Crippen molar-refractivity contribution in [3.05, 3.63) is 12.2 Å². The van der Waals surface area contributed by atoms with Gasteiger partial charge in [-0.1, -0.05) is 18.6 Å². The van der Waals surface area contributed by atoms with Crippen molar-refractivity contribution in [1.82, 2.24) is 0 Å². The summed E-state index contributed by atoms with van der Waals surface area (Å²) in [6.07, 6.45) is 4.52. The van der Waals surface area contributed by atoms with Gasteiger partial charge >= 0.3 is 0 Å². The van der Waals surface area contributed by atoms with Gasteiger partial charge in [-0.25, -0.2) is 0 Å². The normalized spacial score (nSPS) is 32.1. The van der Waals surface area contributed by atoms with Gasteiger partial charge in [-0.05, 0) is 25.7 Å². The summed E-state index contributed by atoms with van der Waals surface area (Å²) in [6.45, 7) is 5.90. The number of aldehydes is 1. The average Bonchev–Trinajstić information content (AvgIpc) is 2.33. The molecule has 1 saturated carbocycles. The van der Waals surface area contributed by atoms with Gasteiger partial charge in [-0.15, -0.1) is 0 Å². The second-order valence-electron chi connectivity index (χ2n) is 3.18. The highest BCUT2D eigenvalue weighted by molar-refractivity contribution is 5.55. The third-order valence-corrected chi connectivity index (χ3v) is 2.38. The summed E-state index contributed by atoms with van der Waals surface area (Å²) >= 11 is 0. The van der Waals surface area contributed by atoms with Crippen LogP contribution in [0.2, 0.25) is 0 Å². The lowest BCUT2D eigenvalue weighted by molar-refractivity contribution is -0.111. The summed E-state index contributed by atoms with van der Waals surface area (Å²) in [4.78, 5) is 10.5. The van der Waals surface area contributed by atoms with Gasteiger partial charge < -0.3 is 4.79 Å². The van der Waals surface area contributed by atoms with Crippen LogP contribution in [0.15, 0.2) is 12.2 Å². The molecule has 0 aromatic heterocycles. The molecule has 1 fully saturated rings. The first-order valence-corrected chi connectivity index (χ1v) is 3.86. The van der Waals surface area contributed by atoms with Crippen molar-refractivity contribution in [2.75, 3.05) is 0 Å². The molecule has 10 heavy (non-hydrogen) atoms. The van der Waals surface area contributed by atoms with E-state index in [1.54, 1.807) is 0 Å². The summed E-state index contributed by atoms with van der Waals surface area (Å²) in [5.41, 5.74) is 1.18. The Morgan fingerprint density at radius 1 is 1.60 bits per heavy atom. The lowest BCUT2D eigenvalue weighted by Crippen LogP contribution is -2.09. The van der Waals surface area contributed by atoms with Crippen LogP contribution in [0.3, 0.4) is 0 Å². The van der Waals surface area contributed by atoms with Gasteiger partial charge in [-0.3, -0.25) is 0 Å². The molecule has 56 valence electrons. The Hall–Kier alpha value is -0.590. The van der Waals surface area contributed by atoms with E-state index in [2.05, 4.69) is 6.58 Å². The quantitative estimate of drug-likeness (QED) is 0.422. The van der Waals surface area contributed by atoms with E-state index in [0.717, 1.165) is 12.7 Å². The first-order valence-electron chi connectivity index (χ1n) is 3.86. The highest BCUT2D eigenvalue weighted by Crippen LogP contribution is 2.34. The predicted octanol–water partition coefficient (Wildman–Crippen LogP) is 2.18. The number of hydrogen-bond acceptors (Lipinski definition) is 1. The van der Waals surface area contributed by atoms with Crippen molar-refractivity contribution in [3.8, 4) is 0 Å². The fourth-order valence-corrected chi connectivity index (χ4v) is 1.76. The van der Waals surface area contributed by atoms with Gasteiger partial charge in [-0.2, -0.15) is 0 Å². The van der Waals surface area contributed by atoms with Crippen LogP contribution in [0.25, 0.3) is 0 Å². The van der Waals surface area contributed by atoms with E-state index in [1.165, 1.54) is 18.4 Å². The molecule has 0 aromatic rings. The van der Waals surface area contributed by atoms with Gasteiger partial charge in [0.2, 0.25) is 0 Å². The molecule has 2 atom stereocenters. The van der Waals surface area contributed by atoms with E-state index in [0.29, 0.717) is 5.92 Å². The molecule has 1 nitrogen and oxygen atoms in total. The summed E-state index contributed by atoms with van der Waals surface area (Å²) in [7, 11) is 0. The van der Waals surface area contributed by atoms with E-state index < -0.39 is 0 Å². The van der Waals surface area contributed by atoms with E-state index in [9.17, 15) is 4.79 Å². The number of allylic oxidation sites excluding steroid dienone is 1. The molecule has 1 heteroatoms. The fourth-order valence-electron chi connectivity index (χ4n) is 1.76. The highest BCUT2D eigenvalue weighted by atomic mass is 16.1. The standard InChI is InChI=1S/C9H14O/c1-7(2)9-5-3-4-8(9)6-10/h6,8-9H,1,3-5H2,2H3/t8-,9-/m0/s1. The molecule has 0 heterocycles. The van der Waals surface area contributed by atoms with Crippen molar-refractivity contribution >= 4 is 6.29 Å². The van der Waals surface area contributed by atoms with Crippen molar-refractivity contribution in [1.29, 1.82) is 0 Å². The van der Waals surface area contributed by atoms with Crippen LogP contribution in [0, 0.1) is 11.8 Å². The van der Waals surface area contributed by atoms with E-state index in [-0.39, 0.29) is 5.92 Å². The van der Waals surface area contributed by atoms with Crippen LogP contribution in [-0.2, 0) is 4.79 Å². The average molecular weight is 138 g/mol. The van der Waals surface area contributed by atoms with Crippen LogP contribution in [-0.4, -0.2) is 6.29 Å². The largest absolute Gasteiger partial charge is 0.303 e. The van der Waals surface area contributed by atoms with Crippen LogP contribution < -0.4 is 0 Å². The lowest BCUT2D eigenvalue weighted by atomic mass is 9.92. The molecular formula is C9H14O. The third-order valence-electron chi connectivity index (χ3n) is 2.38. The van der Waals surface area contributed by atoms with Crippen molar-refractivity contribution in [2.45, 2.75) is 26.2 Å². The molecule has 0 spiro atoms. The topological polar surface area (TPSA) is 17.1 Å². The molecule has 0 radical (unpaired) electrons. The molecule has 0 amide bonds.